The van der Waals surface area contributed by atoms with E-state index in [0.29, 0.717) is 4.47 Å². The molecule has 0 amide bonds. The summed E-state index contributed by atoms with van der Waals surface area (Å²) in [5.41, 5.74) is -0.0455. The lowest BCUT2D eigenvalue weighted by atomic mass is 10.1. The largest absolute Gasteiger partial charge is 0.486 e. The number of hydrogen-bond acceptors (Lipinski definition) is 2. The summed E-state index contributed by atoms with van der Waals surface area (Å²) in [5.74, 6) is -3.28. The minimum atomic E-state index is -1.15. The molecule has 0 aliphatic heterocycles. The topological polar surface area (TPSA) is 33.0 Å². The fourth-order valence-electron chi connectivity index (χ4n) is 1.57. The molecule has 0 aromatic heterocycles. The average molecular weight is 342 g/mol. The van der Waals surface area contributed by atoms with E-state index in [-0.39, 0.29) is 23.5 Å². The monoisotopic (exact) mass is 341 g/mol. The Balaban J connectivity index is 2.24. The van der Waals surface area contributed by atoms with Crippen molar-refractivity contribution in [3.8, 4) is 11.8 Å². The molecule has 0 fully saturated rings. The van der Waals surface area contributed by atoms with Crippen LogP contribution in [-0.2, 0) is 6.61 Å². The number of nitrogens with zero attached hydrogens (tertiary/aromatic N) is 1. The summed E-state index contributed by atoms with van der Waals surface area (Å²) in [4.78, 5) is 0. The van der Waals surface area contributed by atoms with Crippen LogP contribution in [0.3, 0.4) is 0 Å². The summed E-state index contributed by atoms with van der Waals surface area (Å²) in [6.07, 6.45) is 0. The van der Waals surface area contributed by atoms with Gasteiger partial charge in [0.05, 0.1) is 5.56 Å². The van der Waals surface area contributed by atoms with Crippen LogP contribution in [0.25, 0.3) is 0 Å². The number of ether oxygens (including phenoxy) is 1. The lowest BCUT2D eigenvalue weighted by Crippen LogP contribution is -2.02. The maximum Gasteiger partial charge on any atom is 0.200 e. The number of rotatable bonds is 3. The Morgan fingerprint density at radius 1 is 1.15 bits per heavy atom. The second-order valence-electron chi connectivity index (χ2n) is 3.88. The van der Waals surface area contributed by atoms with Crippen molar-refractivity contribution in [2.45, 2.75) is 6.61 Å². The zero-order valence-corrected chi connectivity index (χ0v) is 11.5. The van der Waals surface area contributed by atoms with E-state index < -0.39 is 17.5 Å². The molecule has 2 rings (SSSR count). The van der Waals surface area contributed by atoms with Gasteiger partial charge < -0.3 is 4.74 Å². The molecule has 102 valence electrons. The molecule has 2 nitrogen and oxygen atoms in total. The van der Waals surface area contributed by atoms with Gasteiger partial charge in [-0.05, 0) is 18.2 Å². The molecule has 0 saturated carbocycles. The van der Waals surface area contributed by atoms with Crippen LogP contribution >= 0.6 is 15.9 Å². The molecule has 0 unspecified atom stereocenters. The fraction of sp³-hybridized carbons (Fsp3) is 0.0714. The highest BCUT2D eigenvalue weighted by atomic mass is 79.9. The van der Waals surface area contributed by atoms with Crippen molar-refractivity contribution in [2.75, 3.05) is 0 Å². The first-order chi connectivity index (χ1) is 9.52. The lowest BCUT2D eigenvalue weighted by molar-refractivity contribution is 0.279. The van der Waals surface area contributed by atoms with Crippen molar-refractivity contribution in [3.05, 3.63) is 63.4 Å². The van der Waals surface area contributed by atoms with Gasteiger partial charge in [0.1, 0.15) is 18.5 Å². The lowest BCUT2D eigenvalue weighted by Gasteiger charge is -2.09. The van der Waals surface area contributed by atoms with Gasteiger partial charge >= 0.3 is 0 Å². The van der Waals surface area contributed by atoms with Gasteiger partial charge in [0.15, 0.2) is 11.6 Å². The highest BCUT2D eigenvalue weighted by Crippen LogP contribution is 2.26. The molecular formula is C14H7BrF3NO. The Morgan fingerprint density at radius 3 is 2.60 bits per heavy atom. The Labute approximate surface area is 121 Å². The predicted molar refractivity (Wildman–Crippen MR) is 69.5 cm³/mol. The Morgan fingerprint density at radius 2 is 1.90 bits per heavy atom. The molecule has 0 bridgehead atoms. The Hall–Kier alpha value is -2.00. The molecule has 20 heavy (non-hydrogen) atoms. The Kier molecular flexibility index (Phi) is 4.30. The molecule has 0 heterocycles. The van der Waals surface area contributed by atoms with Gasteiger partial charge in [0.25, 0.3) is 0 Å². The second kappa shape index (κ2) is 5.97. The van der Waals surface area contributed by atoms with Gasteiger partial charge in [-0.2, -0.15) is 9.65 Å². The van der Waals surface area contributed by atoms with Crippen molar-refractivity contribution in [2.24, 2.45) is 0 Å². The van der Waals surface area contributed by atoms with E-state index in [1.807, 2.05) is 0 Å². The molecule has 0 atom stereocenters. The molecule has 0 aliphatic rings. The average Bonchev–Trinajstić information content (AvgIpc) is 2.42. The summed E-state index contributed by atoms with van der Waals surface area (Å²) in [6, 6.07) is 8.10. The minimum absolute atomic E-state index is 0.0869. The molecule has 0 saturated heterocycles. The van der Waals surface area contributed by atoms with Crippen LogP contribution < -0.4 is 4.74 Å². The van der Waals surface area contributed by atoms with Crippen molar-refractivity contribution in [1.82, 2.24) is 0 Å². The van der Waals surface area contributed by atoms with E-state index in [1.54, 1.807) is 6.07 Å². The van der Waals surface area contributed by atoms with Crippen LogP contribution in [0.5, 0.6) is 5.75 Å². The van der Waals surface area contributed by atoms with Gasteiger partial charge in [-0.1, -0.05) is 28.1 Å². The van der Waals surface area contributed by atoms with Crippen molar-refractivity contribution < 1.29 is 17.9 Å². The van der Waals surface area contributed by atoms with Crippen LogP contribution in [0.4, 0.5) is 13.2 Å². The number of hydrogen-bond donors (Lipinski definition) is 0. The van der Waals surface area contributed by atoms with Crippen LogP contribution in [0.15, 0.2) is 34.8 Å². The van der Waals surface area contributed by atoms with Crippen LogP contribution in [-0.4, -0.2) is 0 Å². The van der Waals surface area contributed by atoms with E-state index in [4.69, 9.17) is 10.00 Å². The third kappa shape index (κ3) is 2.94. The first kappa shape index (κ1) is 14.4. The van der Waals surface area contributed by atoms with E-state index in [2.05, 4.69) is 15.9 Å². The summed E-state index contributed by atoms with van der Waals surface area (Å²) in [5, 5.41) is 8.70. The second-order valence-corrected chi connectivity index (χ2v) is 4.79. The smallest absolute Gasteiger partial charge is 0.200 e. The quantitative estimate of drug-likeness (QED) is 0.779. The third-order valence-electron chi connectivity index (χ3n) is 2.54. The fourth-order valence-corrected chi connectivity index (χ4v) is 1.98. The highest BCUT2D eigenvalue weighted by molar-refractivity contribution is 9.10. The summed E-state index contributed by atoms with van der Waals surface area (Å²) < 4.78 is 45.8. The molecule has 0 radical (unpaired) electrons. The molecule has 0 N–H and O–H groups in total. The van der Waals surface area contributed by atoms with E-state index >= 15 is 0 Å². The highest BCUT2D eigenvalue weighted by Gasteiger charge is 2.13. The Bertz CT molecular complexity index is 698. The number of benzene rings is 2. The van der Waals surface area contributed by atoms with Gasteiger partial charge in [-0.3, -0.25) is 0 Å². The van der Waals surface area contributed by atoms with Crippen LogP contribution in [0.2, 0.25) is 0 Å². The van der Waals surface area contributed by atoms with Gasteiger partial charge in [0.2, 0.25) is 5.82 Å². The predicted octanol–water partition coefficient (Wildman–Crippen LogP) is 4.32. The van der Waals surface area contributed by atoms with Crippen LogP contribution in [0, 0.1) is 28.8 Å². The molecule has 0 aliphatic carbocycles. The van der Waals surface area contributed by atoms with Crippen LogP contribution in [0.1, 0.15) is 11.1 Å². The van der Waals surface area contributed by atoms with Crippen molar-refractivity contribution >= 4 is 15.9 Å². The maximum atomic E-state index is 13.8. The molecule has 6 heteroatoms. The van der Waals surface area contributed by atoms with E-state index in [9.17, 15) is 13.2 Å². The summed E-state index contributed by atoms with van der Waals surface area (Å²) >= 11 is 3.01. The van der Waals surface area contributed by atoms with Crippen molar-refractivity contribution in [3.63, 3.8) is 0 Å². The van der Waals surface area contributed by atoms with Gasteiger partial charge in [-0.25, -0.2) is 8.78 Å². The van der Waals surface area contributed by atoms with Gasteiger partial charge in [0, 0.05) is 10.0 Å². The SMILES string of the molecule is N#Cc1cccc(COc2cc(Br)cc(F)c2F)c1F. The first-order valence-electron chi connectivity index (χ1n) is 5.47. The zero-order chi connectivity index (χ0) is 14.7. The molecule has 2 aromatic carbocycles. The summed E-state index contributed by atoms with van der Waals surface area (Å²) in [7, 11) is 0. The van der Waals surface area contributed by atoms with E-state index in [0.717, 1.165) is 6.07 Å². The molecule has 0 spiro atoms. The first-order valence-corrected chi connectivity index (χ1v) is 6.27. The summed E-state index contributed by atoms with van der Waals surface area (Å²) in [6.45, 7) is -0.311. The third-order valence-corrected chi connectivity index (χ3v) is 3.00. The molecule has 2 aromatic rings. The standard InChI is InChI=1S/C14H7BrF3NO/c15-10-4-11(16)14(18)12(5-10)20-7-9-3-1-2-8(6-19)13(9)17/h1-5H,7H2. The molecular weight excluding hydrogens is 335 g/mol. The minimum Gasteiger partial charge on any atom is -0.486 e. The van der Waals surface area contributed by atoms with Crippen molar-refractivity contribution in [1.29, 1.82) is 5.26 Å². The van der Waals surface area contributed by atoms with Gasteiger partial charge in [-0.15, -0.1) is 0 Å². The van der Waals surface area contributed by atoms with E-state index in [1.165, 1.54) is 24.3 Å². The number of nitriles is 1. The zero-order valence-electron chi connectivity index (χ0n) is 9.96. The normalized spacial score (nSPS) is 10.2. The maximum absolute atomic E-state index is 13.8. The number of halogens is 4.